The van der Waals surface area contributed by atoms with E-state index in [9.17, 15) is 0 Å². The van der Waals surface area contributed by atoms with Gasteiger partial charge in [-0.05, 0) is 55.3 Å². The molecule has 0 atom stereocenters. The predicted octanol–water partition coefficient (Wildman–Crippen LogP) is 5.13. The first-order chi connectivity index (χ1) is 9.54. The molecule has 2 N–H and O–H groups in total. The Morgan fingerprint density at radius 1 is 0.850 bits per heavy atom. The SMILES string of the molecule is Cc1cc(C)cc(NCCNc2cc(Cl)ccc2Cl)c1. The third kappa shape index (κ3) is 4.32. The molecule has 0 spiro atoms. The van der Waals surface area contributed by atoms with E-state index in [1.165, 1.54) is 11.1 Å². The van der Waals surface area contributed by atoms with Crippen molar-refractivity contribution in [3.63, 3.8) is 0 Å². The van der Waals surface area contributed by atoms with Crippen LogP contribution in [-0.4, -0.2) is 13.1 Å². The molecule has 0 amide bonds. The third-order valence-electron chi connectivity index (χ3n) is 2.92. The Labute approximate surface area is 130 Å². The summed E-state index contributed by atoms with van der Waals surface area (Å²) in [6, 6.07) is 11.8. The Morgan fingerprint density at radius 3 is 2.20 bits per heavy atom. The zero-order valence-corrected chi connectivity index (χ0v) is 13.1. The third-order valence-corrected chi connectivity index (χ3v) is 3.48. The maximum atomic E-state index is 6.09. The summed E-state index contributed by atoms with van der Waals surface area (Å²) >= 11 is 12.0. The van der Waals surface area contributed by atoms with Gasteiger partial charge in [0.2, 0.25) is 0 Å². The number of hydrogen-bond donors (Lipinski definition) is 2. The number of aryl methyl sites for hydroxylation is 2. The molecule has 0 unspecified atom stereocenters. The maximum Gasteiger partial charge on any atom is 0.0638 e. The van der Waals surface area contributed by atoms with Crippen molar-refractivity contribution in [2.24, 2.45) is 0 Å². The van der Waals surface area contributed by atoms with E-state index in [0.29, 0.717) is 10.0 Å². The molecular weight excluding hydrogens is 291 g/mol. The molecular formula is C16H18Cl2N2. The van der Waals surface area contributed by atoms with Crippen molar-refractivity contribution in [1.82, 2.24) is 0 Å². The second-order valence-corrected chi connectivity index (χ2v) is 5.70. The average Bonchev–Trinajstić information content (AvgIpc) is 2.37. The number of rotatable bonds is 5. The number of halogens is 2. The van der Waals surface area contributed by atoms with Crippen LogP contribution in [0.1, 0.15) is 11.1 Å². The van der Waals surface area contributed by atoms with Gasteiger partial charge in [0.15, 0.2) is 0 Å². The molecule has 0 aromatic heterocycles. The van der Waals surface area contributed by atoms with E-state index < -0.39 is 0 Å². The topological polar surface area (TPSA) is 24.1 Å². The molecule has 2 aromatic rings. The maximum absolute atomic E-state index is 6.09. The molecule has 0 saturated heterocycles. The molecule has 0 heterocycles. The smallest absolute Gasteiger partial charge is 0.0638 e. The molecule has 0 radical (unpaired) electrons. The van der Waals surface area contributed by atoms with E-state index in [2.05, 4.69) is 42.7 Å². The summed E-state index contributed by atoms with van der Waals surface area (Å²) in [5.74, 6) is 0. The molecule has 0 fully saturated rings. The van der Waals surface area contributed by atoms with Gasteiger partial charge in [0.25, 0.3) is 0 Å². The van der Waals surface area contributed by atoms with Crippen LogP contribution in [0.15, 0.2) is 36.4 Å². The monoisotopic (exact) mass is 308 g/mol. The largest absolute Gasteiger partial charge is 0.383 e. The highest BCUT2D eigenvalue weighted by Gasteiger charge is 2.00. The zero-order chi connectivity index (χ0) is 14.5. The second-order valence-electron chi connectivity index (χ2n) is 4.85. The van der Waals surface area contributed by atoms with E-state index in [1.807, 2.05) is 6.07 Å². The standard InChI is InChI=1S/C16H18Cl2N2/c1-11-7-12(2)9-14(8-11)19-5-6-20-16-10-13(17)3-4-15(16)18/h3-4,7-10,19-20H,5-6H2,1-2H3. The molecule has 0 aliphatic heterocycles. The van der Waals surface area contributed by atoms with Crippen molar-refractivity contribution < 1.29 is 0 Å². The van der Waals surface area contributed by atoms with E-state index in [0.717, 1.165) is 24.5 Å². The fourth-order valence-corrected chi connectivity index (χ4v) is 2.47. The summed E-state index contributed by atoms with van der Waals surface area (Å²) in [7, 11) is 0. The Balaban J connectivity index is 1.86. The second kappa shape index (κ2) is 6.87. The van der Waals surface area contributed by atoms with Crippen LogP contribution in [0.5, 0.6) is 0 Å². The summed E-state index contributed by atoms with van der Waals surface area (Å²) in [6.07, 6.45) is 0. The molecule has 2 aromatic carbocycles. The molecule has 4 heteroatoms. The first-order valence-corrected chi connectivity index (χ1v) is 7.31. The normalized spacial score (nSPS) is 10.4. The van der Waals surface area contributed by atoms with Crippen LogP contribution < -0.4 is 10.6 Å². The number of benzene rings is 2. The zero-order valence-electron chi connectivity index (χ0n) is 11.6. The van der Waals surface area contributed by atoms with E-state index in [-0.39, 0.29) is 0 Å². The molecule has 0 aliphatic carbocycles. The quantitative estimate of drug-likeness (QED) is 0.748. The fourth-order valence-electron chi connectivity index (χ4n) is 2.11. The molecule has 0 saturated carbocycles. The Hall–Kier alpha value is -1.38. The minimum atomic E-state index is 0.680. The Morgan fingerprint density at radius 2 is 1.50 bits per heavy atom. The number of anilines is 2. The van der Waals surface area contributed by atoms with Crippen molar-refractivity contribution in [2.75, 3.05) is 23.7 Å². The first kappa shape index (κ1) is 15.0. The van der Waals surface area contributed by atoms with Gasteiger partial charge in [0, 0.05) is 23.8 Å². The first-order valence-electron chi connectivity index (χ1n) is 6.56. The van der Waals surface area contributed by atoms with Crippen LogP contribution in [0, 0.1) is 13.8 Å². The lowest BCUT2D eigenvalue weighted by Crippen LogP contribution is -2.14. The summed E-state index contributed by atoms with van der Waals surface area (Å²) in [4.78, 5) is 0. The van der Waals surface area contributed by atoms with Crippen LogP contribution in [0.25, 0.3) is 0 Å². The van der Waals surface area contributed by atoms with Gasteiger partial charge in [-0.1, -0.05) is 29.3 Å². The lowest BCUT2D eigenvalue weighted by Gasteiger charge is -2.11. The summed E-state index contributed by atoms with van der Waals surface area (Å²) in [6.45, 7) is 5.78. The average molecular weight is 309 g/mol. The van der Waals surface area contributed by atoms with Crippen molar-refractivity contribution in [3.8, 4) is 0 Å². The number of hydrogen-bond acceptors (Lipinski definition) is 2. The summed E-state index contributed by atoms with van der Waals surface area (Å²) in [5.41, 5.74) is 4.53. The summed E-state index contributed by atoms with van der Waals surface area (Å²) in [5, 5.41) is 8.03. The summed E-state index contributed by atoms with van der Waals surface area (Å²) < 4.78 is 0. The van der Waals surface area contributed by atoms with Gasteiger partial charge in [-0.25, -0.2) is 0 Å². The van der Waals surface area contributed by atoms with E-state index in [4.69, 9.17) is 23.2 Å². The van der Waals surface area contributed by atoms with Crippen LogP contribution in [0.2, 0.25) is 10.0 Å². The van der Waals surface area contributed by atoms with Gasteiger partial charge < -0.3 is 10.6 Å². The van der Waals surface area contributed by atoms with Gasteiger partial charge in [0.05, 0.1) is 10.7 Å². The van der Waals surface area contributed by atoms with Crippen molar-refractivity contribution >= 4 is 34.6 Å². The van der Waals surface area contributed by atoms with Gasteiger partial charge in [-0.2, -0.15) is 0 Å². The Kier molecular flexibility index (Phi) is 5.16. The molecule has 0 bridgehead atoms. The van der Waals surface area contributed by atoms with Gasteiger partial charge in [-0.3, -0.25) is 0 Å². The highest BCUT2D eigenvalue weighted by Crippen LogP contribution is 2.25. The molecule has 0 aliphatic rings. The van der Waals surface area contributed by atoms with Crippen LogP contribution >= 0.6 is 23.2 Å². The van der Waals surface area contributed by atoms with Crippen molar-refractivity contribution in [1.29, 1.82) is 0 Å². The molecule has 2 nitrogen and oxygen atoms in total. The molecule has 20 heavy (non-hydrogen) atoms. The van der Waals surface area contributed by atoms with Gasteiger partial charge in [0.1, 0.15) is 0 Å². The highest BCUT2D eigenvalue weighted by atomic mass is 35.5. The van der Waals surface area contributed by atoms with E-state index in [1.54, 1.807) is 12.1 Å². The molecule has 106 valence electrons. The van der Waals surface area contributed by atoms with E-state index >= 15 is 0 Å². The lowest BCUT2D eigenvalue weighted by molar-refractivity contribution is 1.08. The van der Waals surface area contributed by atoms with Crippen molar-refractivity contribution in [3.05, 3.63) is 57.6 Å². The van der Waals surface area contributed by atoms with Gasteiger partial charge >= 0.3 is 0 Å². The van der Waals surface area contributed by atoms with Crippen LogP contribution in [0.4, 0.5) is 11.4 Å². The van der Waals surface area contributed by atoms with Crippen LogP contribution in [-0.2, 0) is 0 Å². The minimum Gasteiger partial charge on any atom is -0.383 e. The van der Waals surface area contributed by atoms with Crippen LogP contribution in [0.3, 0.4) is 0 Å². The van der Waals surface area contributed by atoms with Gasteiger partial charge in [-0.15, -0.1) is 0 Å². The fraction of sp³-hybridized carbons (Fsp3) is 0.250. The predicted molar refractivity (Wildman–Crippen MR) is 89.4 cm³/mol. The lowest BCUT2D eigenvalue weighted by atomic mass is 10.1. The molecule has 2 rings (SSSR count). The highest BCUT2D eigenvalue weighted by molar-refractivity contribution is 6.35. The van der Waals surface area contributed by atoms with Crippen molar-refractivity contribution in [2.45, 2.75) is 13.8 Å². The Bertz CT molecular complexity index is 577. The minimum absolute atomic E-state index is 0.680. The number of nitrogens with one attached hydrogen (secondary N) is 2.